The number of nitrogens with zero attached hydrogens (tertiary/aromatic N) is 4. The third kappa shape index (κ3) is 4.69. The van der Waals surface area contributed by atoms with E-state index in [4.69, 9.17) is 14.2 Å². The van der Waals surface area contributed by atoms with E-state index in [1.54, 1.807) is 23.7 Å². The van der Waals surface area contributed by atoms with Gasteiger partial charge < -0.3 is 24.1 Å². The molecule has 1 heterocycles. The number of aromatic nitrogens is 3. The monoisotopic (exact) mass is 445 g/mol. The number of nitro groups is 1. The molecular formula is C19H19N5O6S. The highest BCUT2D eigenvalue weighted by Gasteiger charge is 2.21. The summed E-state index contributed by atoms with van der Waals surface area (Å²) in [6.45, 7) is 0. The van der Waals surface area contributed by atoms with Crippen LogP contribution >= 0.6 is 11.8 Å². The summed E-state index contributed by atoms with van der Waals surface area (Å²) in [5.41, 5.74) is 0.271. The topological polar surface area (TPSA) is 131 Å². The van der Waals surface area contributed by atoms with E-state index >= 15 is 0 Å². The number of carbonyl (C=O) groups excluding carboxylic acids is 1. The van der Waals surface area contributed by atoms with E-state index in [1.165, 1.54) is 45.9 Å². The third-order valence-electron chi connectivity index (χ3n) is 4.21. The maximum atomic E-state index is 12.7. The molecule has 1 N–H and O–H groups in total. The molecule has 2 aromatic carbocycles. The Bertz CT molecular complexity index is 1110. The summed E-state index contributed by atoms with van der Waals surface area (Å²) in [4.78, 5) is 24.1. The smallest absolute Gasteiger partial charge is 0.284 e. The quantitative estimate of drug-likeness (QED) is 0.410. The van der Waals surface area contributed by atoms with E-state index in [1.807, 2.05) is 0 Å². The van der Waals surface area contributed by atoms with Crippen LogP contribution in [0.15, 0.2) is 46.7 Å². The summed E-state index contributed by atoms with van der Waals surface area (Å²) < 4.78 is 17.4. The Balaban J connectivity index is 1.89. The molecule has 11 nitrogen and oxygen atoms in total. The second kappa shape index (κ2) is 9.34. The minimum atomic E-state index is -0.547. The lowest BCUT2D eigenvalue weighted by atomic mass is 10.1. The number of carbonyl (C=O) groups is 1. The molecule has 0 saturated carbocycles. The first kappa shape index (κ1) is 21.9. The number of rotatable bonds is 8. The van der Waals surface area contributed by atoms with Crippen molar-refractivity contribution < 1.29 is 23.9 Å². The maximum absolute atomic E-state index is 12.7. The van der Waals surface area contributed by atoms with Crippen molar-refractivity contribution in [1.82, 2.24) is 14.8 Å². The Labute approximate surface area is 181 Å². The van der Waals surface area contributed by atoms with Crippen LogP contribution in [0.3, 0.4) is 0 Å². The molecule has 0 fully saturated rings. The van der Waals surface area contributed by atoms with Gasteiger partial charge in [0.25, 0.3) is 11.6 Å². The molecule has 0 saturated heterocycles. The third-order valence-corrected chi connectivity index (χ3v) is 5.33. The maximum Gasteiger partial charge on any atom is 0.284 e. The van der Waals surface area contributed by atoms with Crippen molar-refractivity contribution in [1.29, 1.82) is 0 Å². The lowest BCUT2D eigenvalue weighted by Crippen LogP contribution is -2.12. The summed E-state index contributed by atoms with van der Waals surface area (Å²) in [5, 5.41) is 22.4. The number of ether oxygens (including phenoxy) is 3. The second-order valence-corrected chi connectivity index (χ2v) is 7.14. The van der Waals surface area contributed by atoms with Gasteiger partial charge >= 0.3 is 0 Å². The van der Waals surface area contributed by atoms with E-state index in [-0.39, 0.29) is 11.3 Å². The van der Waals surface area contributed by atoms with Crippen LogP contribution in [0.2, 0.25) is 0 Å². The fourth-order valence-corrected chi connectivity index (χ4v) is 3.56. The van der Waals surface area contributed by atoms with Crippen molar-refractivity contribution in [2.24, 2.45) is 7.05 Å². The van der Waals surface area contributed by atoms with Crippen molar-refractivity contribution in [2.45, 2.75) is 10.1 Å². The highest BCUT2D eigenvalue weighted by molar-refractivity contribution is 7.99. The predicted molar refractivity (Wildman–Crippen MR) is 112 cm³/mol. The van der Waals surface area contributed by atoms with E-state index in [0.29, 0.717) is 33.0 Å². The highest BCUT2D eigenvalue weighted by Crippen LogP contribution is 2.40. The van der Waals surface area contributed by atoms with Crippen molar-refractivity contribution in [2.75, 3.05) is 26.6 Å². The molecular weight excluding hydrogens is 426 g/mol. The van der Waals surface area contributed by atoms with E-state index in [9.17, 15) is 14.9 Å². The molecule has 0 radical (unpaired) electrons. The normalized spacial score (nSPS) is 10.5. The van der Waals surface area contributed by atoms with Crippen LogP contribution in [0.25, 0.3) is 0 Å². The Hall–Kier alpha value is -3.80. The second-order valence-electron chi connectivity index (χ2n) is 6.13. The molecule has 0 aliphatic rings. The lowest BCUT2D eigenvalue weighted by Gasteiger charge is -2.14. The molecule has 162 valence electrons. The minimum Gasteiger partial charge on any atom is -0.493 e. The van der Waals surface area contributed by atoms with Gasteiger partial charge in [0.2, 0.25) is 5.75 Å². The van der Waals surface area contributed by atoms with Gasteiger partial charge in [0.15, 0.2) is 16.7 Å². The van der Waals surface area contributed by atoms with Gasteiger partial charge in [0, 0.05) is 36.5 Å². The molecule has 0 aliphatic carbocycles. The predicted octanol–water partition coefficient (Wildman–Crippen LogP) is 3.15. The standard InChI is InChI=1S/C19H19N5O6S/c1-23-10-20-22-19(23)31-16-6-5-11(7-13(16)24(26)27)18(25)21-12-8-14(28-2)17(30-4)15(9-12)29-3/h5-10H,1-4H3,(H,21,25). The Morgan fingerprint density at radius 3 is 2.32 bits per heavy atom. The Morgan fingerprint density at radius 2 is 1.81 bits per heavy atom. The van der Waals surface area contributed by atoms with Gasteiger partial charge in [-0.3, -0.25) is 14.9 Å². The minimum absolute atomic E-state index is 0.114. The van der Waals surface area contributed by atoms with Gasteiger partial charge in [0.1, 0.15) is 6.33 Å². The van der Waals surface area contributed by atoms with Crippen LogP contribution in [-0.2, 0) is 7.05 Å². The number of methoxy groups -OCH3 is 3. The number of hydrogen-bond acceptors (Lipinski definition) is 9. The average molecular weight is 445 g/mol. The van der Waals surface area contributed by atoms with Crippen LogP contribution in [0.1, 0.15) is 10.4 Å². The van der Waals surface area contributed by atoms with E-state index in [0.717, 1.165) is 11.8 Å². The van der Waals surface area contributed by atoms with Crippen LogP contribution in [0, 0.1) is 10.1 Å². The summed E-state index contributed by atoms with van der Waals surface area (Å²) >= 11 is 1.08. The van der Waals surface area contributed by atoms with Gasteiger partial charge in [-0.05, 0) is 23.9 Å². The van der Waals surface area contributed by atoms with Crippen molar-refractivity contribution in [3.8, 4) is 17.2 Å². The number of anilines is 1. The number of aryl methyl sites for hydroxylation is 1. The van der Waals surface area contributed by atoms with Crippen molar-refractivity contribution in [3.05, 3.63) is 52.3 Å². The Kier molecular flexibility index (Phi) is 6.60. The van der Waals surface area contributed by atoms with Crippen LogP contribution in [-0.4, -0.2) is 46.9 Å². The fraction of sp³-hybridized carbons (Fsp3) is 0.211. The number of benzene rings is 2. The lowest BCUT2D eigenvalue weighted by molar-refractivity contribution is -0.387. The van der Waals surface area contributed by atoms with Crippen molar-refractivity contribution >= 4 is 29.0 Å². The zero-order valence-electron chi connectivity index (χ0n) is 17.1. The first-order valence-corrected chi connectivity index (χ1v) is 9.61. The first-order chi connectivity index (χ1) is 14.9. The molecule has 0 spiro atoms. The molecule has 3 rings (SSSR count). The Morgan fingerprint density at radius 1 is 1.13 bits per heavy atom. The van der Waals surface area contributed by atoms with Gasteiger partial charge in [-0.15, -0.1) is 10.2 Å². The molecule has 0 unspecified atom stereocenters. The highest BCUT2D eigenvalue weighted by atomic mass is 32.2. The molecule has 31 heavy (non-hydrogen) atoms. The molecule has 0 aliphatic heterocycles. The van der Waals surface area contributed by atoms with Gasteiger partial charge in [-0.1, -0.05) is 0 Å². The summed E-state index contributed by atoms with van der Waals surface area (Å²) in [6.07, 6.45) is 1.49. The largest absolute Gasteiger partial charge is 0.493 e. The molecule has 1 aromatic heterocycles. The SMILES string of the molecule is COc1cc(NC(=O)c2ccc(Sc3nncn3C)c([N+](=O)[O-])c2)cc(OC)c1OC. The van der Waals surface area contributed by atoms with Gasteiger partial charge in [0.05, 0.1) is 31.1 Å². The molecule has 0 bridgehead atoms. The van der Waals surface area contributed by atoms with Crippen molar-refractivity contribution in [3.63, 3.8) is 0 Å². The van der Waals surface area contributed by atoms with Gasteiger partial charge in [-0.25, -0.2) is 0 Å². The zero-order valence-corrected chi connectivity index (χ0v) is 17.9. The first-order valence-electron chi connectivity index (χ1n) is 8.79. The zero-order chi connectivity index (χ0) is 22.5. The number of hydrogen-bond donors (Lipinski definition) is 1. The summed E-state index contributed by atoms with van der Waals surface area (Å²) in [6, 6.07) is 7.34. The number of nitrogens with one attached hydrogen (secondary N) is 1. The van der Waals surface area contributed by atoms with Crippen LogP contribution < -0.4 is 19.5 Å². The van der Waals surface area contributed by atoms with Crippen LogP contribution in [0.4, 0.5) is 11.4 Å². The fourth-order valence-electron chi connectivity index (χ4n) is 2.71. The summed E-state index contributed by atoms with van der Waals surface area (Å²) in [7, 11) is 6.12. The van der Waals surface area contributed by atoms with E-state index < -0.39 is 10.8 Å². The molecule has 0 atom stereocenters. The van der Waals surface area contributed by atoms with E-state index in [2.05, 4.69) is 15.5 Å². The summed E-state index contributed by atoms with van der Waals surface area (Å²) in [5.74, 6) is 0.563. The van der Waals surface area contributed by atoms with Crippen LogP contribution in [0.5, 0.6) is 17.2 Å². The number of amides is 1. The molecule has 3 aromatic rings. The average Bonchev–Trinajstić information content (AvgIpc) is 3.17. The number of nitro benzene ring substituents is 1. The van der Waals surface area contributed by atoms with Gasteiger partial charge in [-0.2, -0.15) is 0 Å². The molecule has 12 heteroatoms. The molecule has 1 amide bonds.